The van der Waals surface area contributed by atoms with Crippen LogP contribution >= 0.6 is 0 Å². The number of nitrogens with one attached hydrogen (secondary N) is 1. The average molecular weight is 520 g/mol. The summed E-state index contributed by atoms with van der Waals surface area (Å²) in [6.45, 7) is 9.72. The van der Waals surface area contributed by atoms with Crippen molar-refractivity contribution in [1.82, 2.24) is 10.2 Å². The van der Waals surface area contributed by atoms with Gasteiger partial charge in [0.15, 0.2) is 0 Å². The number of likely N-dealkylation sites (tertiary alicyclic amines) is 1. The molecule has 7 heteroatoms. The summed E-state index contributed by atoms with van der Waals surface area (Å²) in [4.78, 5) is 10.00. The van der Waals surface area contributed by atoms with Gasteiger partial charge in [0.25, 0.3) is 0 Å². The van der Waals surface area contributed by atoms with E-state index in [0.717, 1.165) is 74.8 Å². The highest BCUT2D eigenvalue weighted by atomic mass is 19.1. The first kappa shape index (κ1) is 26.7. The van der Waals surface area contributed by atoms with Gasteiger partial charge in [-0.15, -0.1) is 0 Å². The topological polar surface area (TPSA) is 66.1 Å². The molecule has 3 N–H and O–H groups in total. The second-order valence-electron chi connectivity index (χ2n) is 11.1. The molecule has 1 unspecified atom stereocenters. The van der Waals surface area contributed by atoms with E-state index >= 15 is 0 Å². The average Bonchev–Trinajstić information content (AvgIpc) is 3.16. The molecule has 5 rings (SSSR count). The SMILES string of the molecule is C=C1NC(=NC2CCCCC2)C2(CCN(Cc3cccc(OC(C)CCN)c3)CC2)N1c1cccc(F)c1. The van der Waals surface area contributed by atoms with Crippen molar-refractivity contribution < 1.29 is 9.13 Å². The standard InChI is InChI=1S/C31H42FN5O/c1-23(14-17-33)38-29-13-6-8-25(20-29)22-36-18-15-31(16-19-36)30(35-27-10-4-3-5-11-27)34-24(2)37(31)28-12-7-9-26(32)21-28/h6-9,12-13,20-21,23,27H,2-5,10-11,14-19,22,33H2,1H3,(H,34,35). The van der Waals surface area contributed by atoms with Gasteiger partial charge in [-0.25, -0.2) is 4.39 Å². The number of nitrogens with two attached hydrogens (primary N) is 1. The smallest absolute Gasteiger partial charge is 0.129 e. The van der Waals surface area contributed by atoms with Gasteiger partial charge in [-0.3, -0.25) is 9.89 Å². The lowest BCUT2D eigenvalue weighted by Crippen LogP contribution is -2.56. The second-order valence-corrected chi connectivity index (χ2v) is 11.1. The summed E-state index contributed by atoms with van der Waals surface area (Å²) in [6.07, 6.45) is 8.79. The van der Waals surface area contributed by atoms with Crippen molar-refractivity contribution in [2.45, 2.75) is 82.5 Å². The normalized spacial score (nSPS) is 22.1. The lowest BCUT2D eigenvalue weighted by Gasteiger charge is -2.45. The molecule has 1 aliphatic carbocycles. The number of rotatable bonds is 8. The quantitative estimate of drug-likeness (QED) is 0.476. The first-order valence-electron chi connectivity index (χ1n) is 14.2. The molecule has 3 aliphatic rings. The van der Waals surface area contributed by atoms with Gasteiger partial charge in [0.2, 0.25) is 0 Å². The lowest BCUT2D eigenvalue weighted by molar-refractivity contribution is 0.185. The number of hydrogen-bond acceptors (Lipinski definition) is 5. The summed E-state index contributed by atoms with van der Waals surface area (Å²) in [5.41, 5.74) is 7.43. The van der Waals surface area contributed by atoms with E-state index in [0.29, 0.717) is 12.6 Å². The first-order chi connectivity index (χ1) is 18.5. The number of ether oxygens (including phenoxy) is 1. The number of piperidine rings is 1. The molecule has 2 saturated heterocycles. The van der Waals surface area contributed by atoms with Crippen molar-refractivity contribution >= 4 is 11.5 Å². The molecule has 0 radical (unpaired) electrons. The predicted molar refractivity (Wildman–Crippen MR) is 153 cm³/mol. The Morgan fingerprint density at radius 2 is 1.89 bits per heavy atom. The van der Waals surface area contributed by atoms with Crippen LogP contribution in [0.3, 0.4) is 0 Å². The molecule has 2 aliphatic heterocycles. The fourth-order valence-electron chi connectivity index (χ4n) is 6.28. The molecular formula is C31H42FN5O. The number of amidine groups is 1. The Bertz CT molecular complexity index is 1140. The largest absolute Gasteiger partial charge is 0.491 e. The molecule has 1 saturated carbocycles. The van der Waals surface area contributed by atoms with Gasteiger partial charge in [-0.2, -0.15) is 0 Å². The molecule has 38 heavy (non-hydrogen) atoms. The minimum absolute atomic E-state index is 0.101. The van der Waals surface area contributed by atoms with Gasteiger partial charge < -0.3 is 20.7 Å². The molecule has 2 aromatic carbocycles. The van der Waals surface area contributed by atoms with E-state index in [2.05, 4.69) is 46.8 Å². The van der Waals surface area contributed by atoms with E-state index in [-0.39, 0.29) is 17.5 Å². The summed E-state index contributed by atoms with van der Waals surface area (Å²) >= 11 is 0. The van der Waals surface area contributed by atoms with Crippen molar-refractivity contribution in [3.05, 3.63) is 72.3 Å². The molecule has 3 fully saturated rings. The van der Waals surface area contributed by atoms with Crippen LogP contribution in [0.2, 0.25) is 0 Å². The fourth-order valence-corrected chi connectivity index (χ4v) is 6.28. The first-order valence-corrected chi connectivity index (χ1v) is 14.2. The predicted octanol–water partition coefficient (Wildman–Crippen LogP) is 5.59. The van der Waals surface area contributed by atoms with Crippen LogP contribution in [0.4, 0.5) is 10.1 Å². The van der Waals surface area contributed by atoms with Gasteiger partial charge in [-0.05, 0) is 81.5 Å². The molecule has 0 bridgehead atoms. The summed E-state index contributed by atoms with van der Waals surface area (Å²) < 4.78 is 20.4. The second kappa shape index (κ2) is 11.9. The van der Waals surface area contributed by atoms with Crippen LogP contribution < -0.4 is 20.7 Å². The Balaban J connectivity index is 1.35. The molecule has 2 aromatic rings. The number of nitrogens with zero attached hydrogens (tertiary/aromatic N) is 3. The van der Waals surface area contributed by atoms with Crippen molar-refractivity contribution in [2.24, 2.45) is 10.7 Å². The van der Waals surface area contributed by atoms with Crippen LogP contribution in [0.15, 0.2) is 65.9 Å². The van der Waals surface area contributed by atoms with Gasteiger partial charge in [-0.1, -0.05) is 44.0 Å². The third kappa shape index (κ3) is 5.89. The van der Waals surface area contributed by atoms with Crippen LogP contribution in [0, 0.1) is 5.82 Å². The summed E-state index contributed by atoms with van der Waals surface area (Å²) in [5.74, 6) is 2.47. The van der Waals surface area contributed by atoms with Crippen molar-refractivity contribution in [3.8, 4) is 5.75 Å². The number of hydrogen-bond donors (Lipinski definition) is 2. The third-order valence-corrected chi connectivity index (χ3v) is 8.25. The van der Waals surface area contributed by atoms with E-state index < -0.39 is 0 Å². The van der Waals surface area contributed by atoms with Crippen LogP contribution in [0.25, 0.3) is 0 Å². The number of benzene rings is 2. The van der Waals surface area contributed by atoms with Crippen LogP contribution in [0.5, 0.6) is 5.75 Å². The van der Waals surface area contributed by atoms with E-state index in [1.807, 2.05) is 12.1 Å². The Labute approximate surface area is 226 Å². The zero-order chi connectivity index (χ0) is 26.5. The number of aliphatic imine (C=N–C) groups is 1. The molecule has 1 spiro atoms. The lowest BCUT2D eigenvalue weighted by atomic mass is 9.84. The number of anilines is 1. The van der Waals surface area contributed by atoms with Crippen molar-refractivity contribution in [1.29, 1.82) is 0 Å². The fraction of sp³-hybridized carbons (Fsp3) is 0.516. The highest BCUT2D eigenvalue weighted by molar-refractivity contribution is 6.01. The molecule has 0 aromatic heterocycles. The van der Waals surface area contributed by atoms with Gasteiger partial charge in [0.05, 0.1) is 12.1 Å². The van der Waals surface area contributed by atoms with Crippen LogP contribution in [-0.2, 0) is 6.54 Å². The van der Waals surface area contributed by atoms with E-state index in [4.69, 9.17) is 15.5 Å². The zero-order valence-electron chi connectivity index (χ0n) is 22.7. The highest BCUT2D eigenvalue weighted by Crippen LogP contribution is 2.41. The molecule has 0 amide bonds. The molecular weight excluding hydrogens is 477 g/mol. The zero-order valence-corrected chi connectivity index (χ0v) is 22.7. The molecule has 1 atom stereocenters. The van der Waals surface area contributed by atoms with Gasteiger partial charge in [0.1, 0.15) is 28.8 Å². The Kier molecular flexibility index (Phi) is 8.34. The maximum absolute atomic E-state index is 14.3. The Morgan fingerprint density at radius 3 is 2.63 bits per heavy atom. The minimum atomic E-state index is -0.332. The van der Waals surface area contributed by atoms with E-state index in [9.17, 15) is 4.39 Å². The molecule has 2 heterocycles. The van der Waals surface area contributed by atoms with Crippen LogP contribution in [0.1, 0.15) is 63.9 Å². The summed E-state index contributed by atoms with van der Waals surface area (Å²) in [7, 11) is 0. The Hall–Kier alpha value is -2.90. The summed E-state index contributed by atoms with van der Waals surface area (Å²) in [5, 5.41) is 3.55. The number of halogens is 1. The van der Waals surface area contributed by atoms with Gasteiger partial charge >= 0.3 is 0 Å². The van der Waals surface area contributed by atoms with Crippen molar-refractivity contribution in [2.75, 3.05) is 24.5 Å². The molecule has 204 valence electrons. The van der Waals surface area contributed by atoms with E-state index in [1.54, 1.807) is 12.1 Å². The van der Waals surface area contributed by atoms with Gasteiger partial charge in [0, 0.05) is 25.3 Å². The third-order valence-electron chi connectivity index (χ3n) is 8.25. The highest BCUT2D eigenvalue weighted by Gasteiger charge is 2.50. The van der Waals surface area contributed by atoms with E-state index in [1.165, 1.54) is 30.9 Å². The van der Waals surface area contributed by atoms with Crippen molar-refractivity contribution in [3.63, 3.8) is 0 Å². The van der Waals surface area contributed by atoms with Crippen LogP contribution in [-0.4, -0.2) is 48.1 Å². The Morgan fingerprint density at radius 1 is 1.13 bits per heavy atom. The molecule has 6 nitrogen and oxygen atoms in total. The maximum atomic E-state index is 14.3. The summed E-state index contributed by atoms with van der Waals surface area (Å²) in [6, 6.07) is 15.6. The monoisotopic (exact) mass is 519 g/mol. The minimum Gasteiger partial charge on any atom is -0.491 e. The maximum Gasteiger partial charge on any atom is 0.129 e.